The molecule has 0 atom stereocenters. The van der Waals surface area contributed by atoms with Crippen molar-refractivity contribution in [1.82, 2.24) is 5.32 Å². The van der Waals surface area contributed by atoms with Gasteiger partial charge in [-0.2, -0.15) is 0 Å². The Hall–Kier alpha value is -1.56. The number of hydrogen-bond acceptors (Lipinski definition) is 3. The van der Waals surface area contributed by atoms with Gasteiger partial charge in [0, 0.05) is 12.5 Å². The van der Waals surface area contributed by atoms with Crippen LogP contribution >= 0.6 is 0 Å². The molecule has 5 nitrogen and oxygen atoms in total. The van der Waals surface area contributed by atoms with Crippen molar-refractivity contribution in [2.45, 2.75) is 19.3 Å². The Morgan fingerprint density at radius 2 is 1.95 bits per heavy atom. The Balaban J connectivity index is 1.94. The molecule has 0 radical (unpaired) electrons. The maximum Gasteiger partial charge on any atom is 0.232 e. The Bertz CT molecular complexity index is 553. The zero-order valence-electron chi connectivity index (χ0n) is 11.6. The first kappa shape index (κ1) is 14.8. The second-order valence-electron chi connectivity index (χ2n) is 5.09. The van der Waals surface area contributed by atoms with E-state index < -0.39 is 10.0 Å². The first-order valence-corrected chi connectivity index (χ1v) is 8.64. The van der Waals surface area contributed by atoms with Crippen LogP contribution in [0.1, 0.15) is 19.3 Å². The SMILES string of the molecule is CS(=O)(=O)N(CCNC(=O)C1CCC1)c1ccccc1. The highest BCUT2D eigenvalue weighted by Crippen LogP contribution is 2.26. The van der Waals surface area contributed by atoms with Gasteiger partial charge >= 0.3 is 0 Å². The van der Waals surface area contributed by atoms with E-state index in [1.165, 1.54) is 10.6 Å². The summed E-state index contributed by atoms with van der Waals surface area (Å²) in [5.74, 6) is 0.163. The lowest BCUT2D eigenvalue weighted by Gasteiger charge is -2.26. The molecular formula is C14H20N2O3S. The second kappa shape index (κ2) is 6.26. The van der Waals surface area contributed by atoms with Gasteiger partial charge in [0.15, 0.2) is 0 Å². The maximum absolute atomic E-state index is 11.8. The van der Waals surface area contributed by atoms with Crippen molar-refractivity contribution in [3.05, 3.63) is 30.3 Å². The number of carbonyl (C=O) groups excluding carboxylic acids is 1. The summed E-state index contributed by atoms with van der Waals surface area (Å²) in [5, 5.41) is 2.81. The van der Waals surface area contributed by atoms with Crippen molar-refractivity contribution in [2.24, 2.45) is 5.92 Å². The Morgan fingerprint density at radius 1 is 1.30 bits per heavy atom. The van der Waals surface area contributed by atoms with Gasteiger partial charge in [-0.3, -0.25) is 9.10 Å². The molecule has 20 heavy (non-hydrogen) atoms. The van der Waals surface area contributed by atoms with Gasteiger partial charge in [-0.25, -0.2) is 8.42 Å². The highest BCUT2D eigenvalue weighted by Gasteiger charge is 2.25. The van der Waals surface area contributed by atoms with Crippen molar-refractivity contribution in [3.8, 4) is 0 Å². The molecule has 1 aromatic rings. The highest BCUT2D eigenvalue weighted by molar-refractivity contribution is 7.92. The summed E-state index contributed by atoms with van der Waals surface area (Å²) in [5.41, 5.74) is 0.618. The zero-order valence-corrected chi connectivity index (χ0v) is 12.4. The minimum absolute atomic E-state index is 0.0396. The molecule has 1 aliphatic carbocycles. The standard InChI is InChI=1S/C14H20N2O3S/c1-20(18,19)16(13-8-3-2-4-9-13)11-10-15-14(17)12-6-5-7-12/h2-4,8-9,12H,5-7,10-11H2,1H3,(H,15,17). The van der Waals surface area contributed by atoms with E-state index in [2.05, 4.69) is 5.32 Å². The van der Waals surface area contributed by atoms with Crippen molar-refractivity contribution in [2.75, 3.05) is 23.7 Å². The van der Waals surface area contributed by atoms with Crippen molar-refractivity contribution >= 4 is 21.6 Å². The first-order chi connectivity index (χ1) is 9.48. The smallest absolute Gasteiger partial charge is 0.232 e. The van der Waals surface area contributed by atoms with Crippen LogP contribution in [0.15, 0.2) is 30.3 Å². The second-order valence-corrected chi connectivity index (χ2v) is 7.00. The van der Waals surface area contributed by atoms with Crippen LogP contribution in [0.25, 0.3) is 0 Å². The van der Waals surface area contributed by atoms with Gasteiger partial charge in [-0.1, -0.05) is 24.6 Å². The molecule has 1 aliphatic rings. The normalized spacial score (nSPS) is 15.4. The molecule has 0 bridgehead atoms. The molecule has 1 aromatic carbocycles. The summed E-state index contributed by atoms with van der Waals surface area (Å²) in [4.78, 5) is 11.7. The van der Waals surface area contributed by atoms with Crippen LogP contribution in [0.5, 0.6) is 0 Å². The van der Waals surface area contributed by atoms with Gasteiger partial charge in [0.05, 0.1) is 18.5 Å². The molecule has 6 heteroatoms. The zero-order chi connectivity index (χ0) is 14.6. The maximum atomic E-state index is 11.8. The summed E-state index contributed by atoms with van der Waals surface area (Å²) in [6.07, 6.45) is 4.17. The summed E-state index contributed by atoms with van der Waals surface area (Å²) >= 11 is 0. The Labute approximate surface area is 120 Å². The van der Waals surface area contributed by atoms with Crippen LogP contribution in [0.2, 0.25) is 0 Å². The minimum Gasteiger partial charge on any atom is -0.354 e. The molecule has 0 aromatic heterocycles. The lowest BCUT2D eigenvalue weighted by Crippen LogP contribution is -2.41. The molecule has 1 amide bonds. The van der Waals surface area contributed by atoms with Gasteiger partial charge in [-0.15, -0.1) is 0 Å². The summed E-state index contributed by atoms with van der Waals surface area (Å²) in [6.45, 7) is 0.582. The average Bonchev–Trinajstić information content (AvgIpc) is 2.32. The quantitative estimate of drug-likeness (QED) is 0.862. The minimum atomic E-state index is -3.35. The molecule has 0 spiro atoms. The van der Waals surface area contributed by atoms with Crippen molar-refractivity contribution in [3.63, 3.8) is 0 Å². The van der Waals surface area contributed by atoms with Gasteiger partial charge in [0.25, 0.3) is 0 Å². The monoisotopic (exact) mass is 296 g/mol. The fraction of sp³-hybridized carbons (Fsp3) is 0.500. The van der Waals surface area contributed by atoms with Gasteiger partial charge in [0.2, 0.25) is 15.9 Å². The fourth-order valence-electron chi connectivity index (χ4n) is 2.18. The third-order valence-corrected chi connectivity index (χ3v) is 4.73. The lowest BCUT2D eigenvalue weighted by molar-refractivity contribution is -0.127. The summed E-state index contributed by atoms with van der Waals surface area (Å²) < 4.78 is 25.0. The average molecular weight is 296 g/mol. The summed E-state index contributed by atoms with van der Waals surface area (Å²) in [6, 6.07) is 8.91. The Kier molecular flexibility index (Phi) is 4.65. The van der Waals surface area contributed by atoms with Crippen LogP contribution < -0.4 is 9.62 Å². The van der Waals surface area contributed by atoms with Crippen LogP contribution in [-0.4, -0.2) is 33.7 Å². The van der Waals surface area contributed by atoms with Gasteiger partial charge < -0.3 is 5.32 Å². The van der Waals surface area contributed by atoms with Gasteiger partial charge in [-0.05, 0) is 25.0 Å². The lowest BCUT2D eigenvalue weighted by atomic mass is 9.85. The van der Waals surface area contributed by atoms with E-state index in [9.17, 15) is 13.2 Å². The number of sulfonamides is 1. The van der Waals surface area contributed by atoms with E-state index in [1.54, 1.807) is 24.3 Å². The highest BCUT2D eigenvalue weighted by atomic mass is 32.2. The predicted octanol–water partition coefficient (Wildman–Crippen LogP) is 1.37. The van der Waals surface area contributed by atoms with E-state index in [0.29, 0.717) is 12.2 Å². The molecule has 1 fully saturated rings. The number of para-hydroxylation sites is 1. The van der Waals surface area contributed by atoms with Gasteiger partial charge in [0.1, 0.15) is 0 Å². The number of anilines is 1. The van der Waals surface area contributed by atoms with E-state index in [0.717, 1.165) is 19.3 Å². The number of amides is 1. The van der Waals surface area contributed by atoms with Crippen LogP contribution in [-0.2, 0) is 14.8 Å². The molecule has 2 rings (SSSR count). The number of hydrogen-bond donors (Lipinski definition) is 1. The number of nitrogens with one attached hydrogen (secondary N) is 1. The van der Waals surface area contributed by atoms with Crippen molar-refractivity contribution < 1.29 is 13.2 Å². The number of nitrogens with zero attached hydrogens (tertiary/aromatic N) is 1. The van der Waals surface area contributed by atoms with Crippen LogP contribution in [0.3, 0.4) is 0 Å². The predicted molar refractivity (Wildman–Crippen MR) is 79.0 cm³/mol. The van der Waals surface area contributed by atoms with Crippen molar-refractivity contribution in [1.29, 1.82) is 0 Å². The number of benzene rings is 1. The molecular weight excluding hydrogens is 276 g/mol. The third kappa shape index (κ3) is 3.72. The third-order valence-electron chi connectivity index (χ3n) is 3.53. The number of rotatable bonds is 6. The fourth-order valence-corrected chi connectivity index (χ4v) is 3.10. The first-order valence-electron chi connectivity index (χ1n) is 6.79. The Morgan fingerprint density at radius 3 is 2.45 bits per heavy atom. The molecule has 1 saturated carbocycles. The van der Waals surface area contributed by atoms with E-state index in [4.69, 9.17) is 0 Å². The largest absolute Gasteiger partial charge is 0.354 e. The molecule has 0 unspecified atom stereocenters. The molecule has 0 aliphatic heterocycles. The molecule has 1 N–H and O–H groups in total. The topological polar surface area (TPSA) is 66.5 Å². The van der Waals surface area contributed by atoms with E-state index in [-0.39, 0.29) is 18.4 Å². The van der Waals surface area contributed by atoms with E-state index in [1.807, 2.05) is 6.07 Å². The molecule has 0 saturated heterocycles. The molecule has 0 heterocycles. The van der Waals surface area contributed by atoms with E-state index >= 15 is 0 Å². The number of carbonyl (C=O) groups is 1. The van der Waals surface area contributed by atoms with Crippen LogP contribution in [0, 0.1) is 5.92 Å². The molecule has 110 valence electrons. The van der Waals surface area contributed by atoms with Crippen LogP contribution in [0.4, 0.5) is 5.69 Å². The summed E-state index contributed by atoms with van der Waals surface area (Å²) in [7, 11) is -3.35.